The normalized spacial score (nSPS) is 13.9. The number of benzene rings is 2. The number of anilines is 1. The number of nitrogens with zero attached hydrogens (tertiary/aromatic N) is 6. The molecular formula is C24H23FN6O3S. The van der Waals surface area contributed by atoms with Crippen molar-refractivity contribution in [2.45, 2.75) is 5.16 Å². The third kappa shape index (κ3) is 4.59. The van der Waals surface area contributed by atoms with Gasteiger partial charge in [0.25, 0.3) is 0 Å². The van der Waals surface area contributed by atoms with Crippen molar-refractivity contribution in [3.05, 3.63) is 77.1 Å². The van der Waals surface area contributed by atoms with Crippen LogP contribution in [0.25, 0.3) is 11.3 Å². The van der Waals surface area contributed by atoms with E-state index in [2.05, 4.69) is 15.1 Å². The summed E-state index contributed by atoms with van der Waals surface area (Å²) in [5, 5.41) is 8.58. The van der Waals surface area contributed by atoms with Crippen molar-refractivity contribution in [2.75, 3.05) is 43.9 Å². The second-order valence-electron chi connectivity index (χ2n) is 7.95. The fourth-order valence-electron chi connectivity index (χ4n) is 4.07. The van der Waals surface area contributed by atoms with Gasteiger partial charge in [-0.25, -0.2) is 4.39 Å². The summed E-state index contributed by atoms with van der Waals surface area (Å²) >= 11 is 1.24. The Kier molecular flexibility index (Phi) is 6.41. The van der Waals surface area contributed by atoms with Gasteiger partial charge >= 0.3 is 5.56 Å². The zero-order chi connectivity index (χ0) is 24.4. The van der Waals surface area contributed by atoms with Gasteiger partial charge in [-0.05, 0) is 36.4 Å². The number of rotatable bonds is 6. The monoisotopic (exact) mass is 494 g/mol. The molecule has 0 aliphatic carbocycles. The molecule has 1 amide bonds. The highest BCUT2D eigenvalue weighted by Crippen LogP contribution is 2.28. The molecule has 0 spiro atoms. The second-order valence-corrected chi connectivity index (χ2v) is 8.90. The van der Waals surface area contributed by atoms with Crippen LogP contribution in [0.4, 0.5) is 10.1 Å². The van der Waals surface area contributed by atoms with Crippen molar-refractivity contribution < 1.29 is 13.9 Å². The minimum absolute atomic E-state index is 0.00563. The van der Waals surface area contributed by atoms with E-state index in [1.807, 2.05) is 29.2 Å². The lowest BCUT2D eigenvalue weighted by molar-refractivity contribution is -0.128. The lowest BCUT2D eigenvalue weighted by atomic mass is 10.2. The van der Waals surface area contributed by atoms with Crippen LogP contribution in [0.2, 0.25) is 0 Å². The number of methoxy groups -OCH3 is 1. The van der Waals surface area contributed by atoms with Gasteiger partial charge in [-0.15, -0.1) is 10.2 Å². The number of hydrogen-bond donors (Lipinski definition) is 0. The summed E-state index contributed by atoms with van der Waals surface area (Å²) in [6.45, 7) is 2.65. The first-order chi connectivity index (χ1) is 17.0. The molecular weight excluding hydrogens is 471 g/mol. The lowest BCUT2D eigenvalue weighted by Gasteiger charge is -2.36. The van der Waals surface area contributed by atoms with E-state index in [-0.39, 0.29) is 28.7 Å². The number of para-hydroxylation sites is 2. The molecule has 4 aromatic rings. The molecule has 0 radical (unpaired) electrons. The van der Waals surface area contributed by atoms with E-state index in [1.165, 1.54) is 40.6 Å². The predicted octanol–water partition coefficient (Wildman–Crippen LogP) is 2.47. The molecule has 1 fully saturated rings. The molecule has 1 aliphatic heterocycles. The zero-order valence-electron chi connectivity index (χ0n) is 19.0. The Labute approximate surface area is 204 Å². The number of carbonyl (C=O) groups is 1. The second kappa shape index (κ2) is 9.79. The fraction of sp³-hybridized carbons (Fsp3) is 0.250. The van der Waals surface area contributed by atoms with Crippen LogP contribution in [0.1, 0.15) is 0 Å². The average Bonchev–Trinajstić information content (AvgIpc) is 3.32. The molecule has 9 nitrogen and oxygen atoms in total. The van der Waals surface area contributed by atoms with E-state index in [0.29, 0.717) is 37.0 Å². The Balaban J connectivity index is 1.23. The van der Waals surface area contributed by atoms with Gasteiger partial charge in [-0.2, -0.15) is 0 Å². The molecule has 2 aromatic heterocycles. The van der Waals surface area contributed by atoms with Crippen molar-refractivity contribution in [1.82, 2.24) is 24.1 Å². The van der Waals surface area contributed by atoms with Crippen LogP contribution in [0.3, 0.4) is 0 Å². The molecule has 1 aliphatic rings. The first-order valence-electron chi connectivity index (χ1n) is 11.1. The Bertz CT molecular complexity index is 1410. The number of fused-ring (bicyclic) bond motifs is 1. The first kappa shape index (κ1) is 22.9. The average molecular weight is 495 g/mol. The third-order valence-corrected chi connectivity index (χ3v) is 6.86. The number of hydrogen-bond acceptors (Lipinski definition) is 7. The van der Waals surface area contributed by atoms with E-state index < -0.39 is 0 Å². The SMILES string of the molecule is COc1ccccc1N1CCN(C(=O)CSc2nnc3c(=O)n(-c4ccc(F)cc4)ccn23)CC1. The van der Waals surface area contributed by atoms with Crippen LogP contribution < -0.4 is 15.2 Å². The number of piperazine rings is 1. The largest absolute Gasteiger partial charge is 0.495 e. The highest BCUT2D eigenvalue weighted by Gasteiger charge is 2.23. The van der Waals surface area contributed by atoms with Crippen LogP contribution in [0.5, 0.6) is 5.75 Å². The Morgan fingerprint density at radius 3 is 2.51 bits per heavy atom. The lowest BCUT2D eigenvalue weighted by Crippen LogP contribution is -2.49. The predicted molar refractivity (Wildman–Crippen MR) is 131 cm³/mol. The van der Waals surface area contributed by atoms with E-state index in [1.54, 1.807) is 23.9 Å². The standard InChI is InChI=1S/C24H23FN6O3S/c1-34-20-5-3-2-4-19(20)28-10-12-29(13-11-28)21(32)16-35-24-27-26-22-23(33)30(14-15-31(22)24)18-8-6-17(25)7-9-18/h2-9,14-15H,10-13,16H2,1H3. The van der Waals surface area contributed by atoms with Gasteiger partial charge in [0.05, 0.1) is 18.6 Å². The Morgan fingerprint density at radius 1 is 1.03 bits per heavy atom. The third-order valence-electron chi connectivity index (χ3n) is 5.93. The van der Waals surface area contributed by atoms with Crippen molar-refractivity contribution in [2.24, 2.45) is 0 Å². The Morgan fingerprint density at radius 2 is 1.77 bits per heavy atom. The summed E-state index contributed by atoms with van der Waals surface area (Å²) in [4.78, 5) is 29.7. The van der Waals surface area contributed by atoms with Crippen LogP contribution in [-0.4, -0.2) is 69.0 Å². The maximum atomic E-state index is 13.2. The van der Waals surface area contributed by atoms with Crippen molar-refractivity contribution in [1.29, 1.82) is 0 Å². The summed E-state index contributed by atoms with van der Waals surface area (Å²) in [7, 11) is 1.65. The zero-order valence-corrected chi connectivity index (χ0v) is 19.8. The molecule has 2 aromatic carbocycles. The highest BCUT2D eigenvalue weighted by atomic mass is 32.2. The molecule has 0 unspecified atom stereocenters. The molecule has 5 rings (SSSR count). The number of carbonyl (C=O) groups excluding carboxylic acids is 1. The molecule has 1 saturated heterocycles. The molecule has 0 bridgehead atoms. The number of amides is 1. The fourth-order valence-corrected chi connectivity index (χ4v) is 4.89. The van der Waals surface area contributed by atoms with Crippen LogP contribution >= 0.6 is 11.8 Å². The van der Waals surface area contributed by atoms with E-state index in [9.17, 15) is 14.0 Å². The minimum atomic E-state index is -0.380. The van der Waals surface area contributed by atoms with Crippen molar-refractivity contribution in [3.63, 3.8) is 0 Å². The van der Waals surface area contributed by atoms with Crippen LogP contribution in [0.15, 0.2) is 70.9 Å². The van der Waals surface area contributed by atoms with Gasteiger partial charge < -0.3 is 14.5 Å². The topological polar surface area (TPSA) is 85.0 Å². The molecule has 3 heterocycles. The molecule has 35 heavy (non-hydrogen) atoms. The van der Waals surface area contributed by atoms with Gasteiger partial charge in [0.15, 0.2) is 5.16 Å². The van der Waals surface area contributed by atoms with Gasteiger partial charge in [-0.1, -0.05) is 23.9 Å². The van der Waals surface area contributed by atoms with Crippen molar-refractivity contribution in [3.8, 4) is 11.4 Å². The number of thioether (sulfide) groups is 1. The molecule has 11 heteroatoms. The minimum Gasteiger partial charge on any atom is -0.495 e. The number of aromatic nitrogens is 4. The van der Waals surface area contributed by atoms with Crippen LogP contribution in [-0.2, 0) is 4.79 Å². The first-order valence-corrected chi connectivity index (χ1v) is 12.0. The van der Waals surface area contributed by atoms with Gasteiger partial charge in [0.1, 0.15) is 11.6 Å². The smallest absolute Gasteiger partial charge is 0.300 e. The number of ether oxygens (including phenoxy) is 1. The summed E-state index contributed by atoms with van der Waals surface area (Å²) in [5.74, 6) is 0.636. The molecule has 180 valence electrons. The van der Waals surface area contributed by atoms with E-state index in [4.69, 9.17) is 4.74 Å². The van der Waals surface area contributed by atoms with Gasteiger partial charge in [0.2, 0.25) is 11.6 Å². The van der Waals surface area contributed by atoms with E-state index >= 15 is 0 Å². The highest BCUT2D eigenvalue weighted by molar-refractivity contribution is 7.99. The summed E-state index contributed by atoms with van der Waals surface area (Å²) in [6.07, 6.45) is 3.24. The molecule has 0 saturated carbocycles. The maximum Gasteiger partial charge on any atom is 0.300 e. The quantitative estimate of drug-likeness (QED) is 0.381. The maximum absolute atomic E-state index is 13.2. The molecule has 0 N–H and O–H groups in total. The number of halogens is 1. The summed E-state index contributed by atoms with van der Waals surface area (Å²) in [6, 6.07) is 13.5. The summed E-state index contributed by atoms with van der Waals surface area (Å²) in [5.41, 5.74) is 1.31. The van der Waals surface area contributed by atoms with Crippen molar-refractivity contribution >= 4 is 29.0 Å². The van der Waals surface area contributed by atoms with E-state index in [0.717, 1.165) is 11.4 Å². The Hall–Kier alpha value is -3.86. The molecule has 0 atom stereocenters. The van der Waals surface area contributed by atoms with Crippen LogP contribution in [0, 0.1) is 5.82 Å². The van der Waals surface area contributed by atoms with Gasteiger partial charge in [-0.3, -0.25) is 18.6 Å². The van der Waals surface area contributed by atoms with Gasteiger partial charge in [0, 0.05) is 44.3 Å². The summed E-state index contributed by atoms with van der Waals surface area (Å²) < 4.78 is 21.6.